The predicted molar refractivity (Wildman–Crippen MR) is 69.3 cm³/mol. The number of carboxylic acid groups (broad SMARTS) is 1. The number of carboxylic acids is 1. The van der Waals surface area contributed by atoms with Crippen molar-refractivity contribution in [2.45, 2.75) is 25.3 Å². The fraction of sp³-hybridized carbons (Fsp3) is 0.385. The molecule has 4 N–H and O–H groups in total. The van der Waals surface area contributed by atoms with E-state index < -0.39 is 11.5 Å². The van der Waals surface area contributed by atoms with Gasteiger partial charge in [-0.05, 0) is 44.5 Å². The number of nitrogens with one attached hydrogen (secondary N) is 2. The summed E-state index contributed by atoms with van der Waals surface area (Å²) < 4.78 is 0. The lowest BCUT2D eigenvalue weighted by Crippen LogP contribution is -2.48. The van der Waals surface area contributed by atoms with Crippen LogP contribution in [0.2, 0.25) is 0 Å². The molecule has 0 aliphatic carbocycles. The van der Waals surface area contributed by atoms with Crippen molar-refractivity contribution >= 4 is 17.6 Å². The first kappa shape index (κ1) is 13.4. The highest BCUT2D eigenvalue weighted by Gasteiger charge is 2.36. The van der Waals surface area contributed by atoms with Crippen LogP contribution in [0.3, 0.4) is 0 Å². The molecule has 19 heavy (non-hydrogen) atoms. The molecular weight excluding hydrogens is 248 g/mol. The molecule has 0 spiro atoms. The Morgan fingerprint density at radius 1 is 1.42 bits per heavy atom. The summed E-state index contributed by atoms with van der Waals surface area (Å²) in [5, 5.41) is 24.1. The maximum atomic E-state index is 12.2. The van der Waals surface area contributed by atoms with E-state index >= 15 is 0 Å². The highest BCUT2D eigenvalue weighted by molar-refractivity contribution is 6.04. The Kier molecular flexibility index (Phi) is 3.44. The molecule has 1 fully saturated rings. The number of rotatable bonds is 3. The third kappa shape index (κ3) is 2.68. The van der Waals surface area contributed by atoms with Crippen LogP contribution in [0.1, 0.15) is 30.1 Å². The molecule has 1 unspecified atom stereocenters. The van der Waals surface area contributed by atoms with Gasteiger partial charge in [0.15, 0.2) is 0 Å². The molecule has 2 rings (SSSR count). The molecule has 1 atom stereocenters. The lowest BCUT2D eigenvalue weighted by molar-refractivity contribution is -0.121. The van der Waals surface area contributed by atoms with Crippen LogP contribution in [-0.2, 0) is 4.79 Å². The molecule has 0 radical (unpaired) electrons. The second-order valence-electron chi connectivity index (χ2n) is 4.85. The van der Waals surface area contributed by atoms with E-state index in [1.165, 1.54) is 12.1 Å². The summed E-state index contributed by atoms with van der Waals surface area (Å²) in [6, 6.07) is 3.84. The number of benzene rings is 1. The van der Waals surface area contributed by atoms with E-state index in [0.717, 1.165) is 19.0 Å². The quantitative estimate of drug-likeness (QED) is 0.614. The number of carbonyl (C=O) groups is 2. The normalized spacial score (nSPS) is 22.2. The maximum absolute atomic E-state index is 12.2. The van der Waals surface area contributed by atoms with Gasteiger partial charge >= 0.3 is 5.97 Å². The van der Waals surface area contributed by atoms with Gasteiger partial charge in [0.1, 0.15) is 5.75 Å². The average Bonchev–Trinajstić information content (AvgIpc) is 2.79. The molecule has 1 aliphatic rings. The standard InChI is InChI=1S/C13H16N2O4/c1-13(5-2-6-14-13)12(19)15-10-4-3-8(16)7-9(10)11(17)18/h3-4,7,14,16H,2,5-6H2,1H3,(H,15,19)(H,17,18). The van der Waals surface area contributed by atoms with E-state index in [1.807, 2.05) is 0 Å². The minimum absolute atomic E-state index is 0.130. The molecule has 0 aromatic heterocycles. The Balaban J connectivity index is 2.23. The molecule has 1 aliphatic heterocycles. The van der Waals surface area contributed by atoms with Gasteiger partial charge < -0.3 is 20.8 Å². The van der Waals surface area contributed by atoms with Crippen molar-refractivity contribution in [1.82, 2.24) is 5.32 Å². The van der Waals surface area contributed by atoms with Gasteiger partial charge in [-0.25, -0.2) is 4.79 Å². The Labute approximate surface area is 110 Å². The van der Waals surface area contributed by atoms with Crippen molar-refractivity contribution in [1.29, 1.82) is 0 Å². The Morgan fingerprint density at radius 2 is 2.16 bits per heavy atom. The Hall–Kier alpha value is -2.08. The number of phenols is 1. The van der Waals surface area contributed by atoms with Crippen LogP contribution in [0, 0.1) is 0 Å². The van der Waals surface area contributed by atoms with Gasteiger partial charge in [-0.3, -0.25) is 4.79 Å². The monoisotopic (exact) mass is 264 g/mol. The van der Waals surface area contributed by atoms with Crippen LogP contribution < -0.4 is 10.6 Å². The van der Waals surface area contributed by atoms with Crippen LogP contribution >= 0.6 is 0 Å². The third-order valence-corrected chi connectivity index (χ3v) is 3.35. The van der Waals surface area contributed by atoms with Gasteiger partial charge in [0.2, 0.25) is 5.91 Å². The molecule has 6 heteroatoms. The zero-order valence-corrected chi connectivity index (χ0v) is 10.6. The minimum atomic E-state index is -1.20. The molecule has 1 heterocycles. The van der Waals surface area contributed by atoms with E-state index in [1.54, 1.807) is 6.92 Å². The van der Waals surface area contributed by atoms with Crippen LogP contribution in [0.15, 0.2) is 18.2 Å². The summed E-state index contributed by atoms with van der Waals surface area (Å²) in [6.07, 6.45) is 1.62. The molecule has 1 amide bonds. The third-order valence-electron chi connectivity index (χ3n) is 3.35. The summed E-state index contributed by atoms with van der Waals surface area (Å²) in [7, 11) is 0. The average molecular weight is 264 g/mol. The number of aromatic hydroxyl groups is 1. The van der Waals surface area contributed by atoms with Crippen LogP contribution in [-0.4, -0.2) is 34.2 Å². The summed E-state index contributed by atoms with van der Waals surface area (Å²) >= 11 is 0. The molecule has 1 saturated heterocycles. The second kappa shape index (κ2) is 4.89. The second-order valence-corrected chi connectivity index (χ2v) is 4.85. The number of phenolic OH excluding ortho intramolecular Hbond substituents is 1. The van der Waals surface area contributed by atoms with Crippen molar-refractivity contribution < 1.29 is 19.8 Å². The topological polar surface area (TPSA) is 98.7 Å². The Bertz CT molecular complexity index is 521. The predicted octanol–water partition coefficient (Wildman–Crippen LogP) is 1.17. The number of anilines is 1. The number of aromatic carboxylic acids is 1. The molecule has 1 aromatic carbocycles. The first-order valence-electron chi connectivity index (χ1n) is 6.05. The summed E-state index contributed by atoms with van der Waals surface area (Å²) in [5.41, 5.74) is -0.617. The zero-order chi connectivity index (χ0) is 14.0. The highest BCUT2D eigenvalue weighted by Crippen LogP contribution is 2.25. The number of amides is 1. The molecule has 102 valence electrons. The van der Waals surface area contributed by atoms with E-state index in [-0.39, 0.29) is 22.9 Å². The van der Waals surface area contributed by atoms with E-state index in [2.05, 4.69) is 10.6 Å². The van der Waals surface area contributed by atoms with Crippen molar-refractivity contribution in [2.75, 3.05) is 11.9 Å². The van der Waals surface area contributed by atoms with Gasteiger partial charge in [0, 0.05) is 0 Å². The first-order chi connectivity index (χ1) is 8.92. The van der Waals surface area contributed by atoms with Gasteiger partial charge in [0.05, 0.1) is 16.8 Å². The lowest BCUT2D eigenvalue weighted by atomic mass is 9.99. The van der Waals surface area contributed by atoms with Crippen LogP contribution in [0.25, 0.3) is 0 Å². The number of hydrogen-bond donors (Lipinski definition) is 4. The van der Waals surface area contributed by atoms with E-state index in [4.69, 9.17) is 5.11 Å². The molecule has 1 aromatic rings. The number of hydrogen-bond acceptors (Lipinski definition) is 4. The smallest absolute Gasteiger partial charge is 0.337 e. The van der Waals surface area contributed by atoms with E-state index in [0.29, 0.717) is 6.42 Å². The molecule has 0 saturated carbocycles. The largest absolute Gasteiger partial charge is 0.508 e. The summed E-state index contributed by atoms with van der Waals surface area (Å²) in [4.78, 5) is 23.2. The van der Waals surface area contributed by atoms with Crippen molar-refractivity contribution in [3.8, 4) is 5.75 Å². The zero-order valence-electron chi connectivity index (χ0n) is 10.6. The Morgan fingerprint density at radius 3 is 2.74 bits per heavy atom. The van der Waals surface area contributed by atoms with E-state index in [9.17, 15) is 14.7 Å². The first-order valence-corrected chi connectivity index (χ1v) is 6.05. The van der Waals surface area contributed by atoms with Crippen molar-refractivity contribution in [2.24, 2.45) is 0 Å². The van der Waals surface area contributed by atoms with Crippen molar-refractivity contribution in [3.05, 3.63) is 23.8 Å². The van der Waals surface area contributed by atoms with Gasteiger partial charge in [0.25, 0.3) is 0 Å². The molecule has 0 bridgehead atoms. The summed E-state index contributed by atoms with van der Waals surface area (Å²) in [5.74, 6) is -1.62. The molecule has 6 nitrogen and oxygen atoms in total. The lowest BCUT2D eigenvalue weighted by Gasteiger charge is -2.23. The number of carbonyl (C=O) groups excluding carboxylic acids is 1. The van der Waals surface area contributed by atoms with Gasteiger partial charge in [-0.2, -0.15) is 0 Å². The van der Waals surface area contributed by atoms with Gasteiger partial charge in [-0.15, -0.1) is 0 Å². The highest BCUT2D eigenvalue weighted by atomic mass is 16.4. The van der Waals surface area contributed by atoms with Gasteiger partial charge in [-0.1, -0.05) is 0 Å². The maximum Gasteiger partial charge on any atom is 0.337 e. The SMILES string of the molecule is CC1(C(=O)Nc2ccc(O)cc2C(=O)O)CCCN1. The van der Waals surface area contributed by atoms with Crippen LogP contribution in [0.5, 0.6) is 5.75 Å². The van der Waals surface area contributed by atoms with Crippen LogP contribution in [0.4, 0.5) is 5.69 Å². The fourth-order valence-electron chi connectivity index (χ4n) is 2.17. The molecular formula is C13H16N2O4. The minimum Gasteiger partial charge on any atom is -0.508 e. The van der Waals surface area contributed by atoms with Crippen molar-refractivity contribution in [3.63, 3.8) is 0 Å². The fourth-order valence-corrected chi connectivity index (χ4v) is 2.17. The summed E-state index contributed by atoms with van der Waals surface area (Å²) in [6.45, 7) is 2.56.